The molecule has 0 N–H and O–H groups in total. The van der Waals surface area contributed by atoms with Crippen LogP contribution in [0.4, 0.5) is 0 Å². The minimum Gasteiger partial charge on any atom is -0.336 e. The Labute approximate surface area is 182 Å². The van der Waals surface area contributed by atoms with E-state index >= 15 is 0 Å². The Balaban J connectivity index is 1.35. The third kappa shape index (κ3) is 3.00. The second-order valence-electron chi connectivity index (χ2n) is 8.74. The third-order valence-corrected chi connectivity index (χ3v) is 7.81. The number of aryl methyl sites for hydroxylation is 1. The van der Waals surface area contributed by atoms with E-state index in [-0.39, 0.29) is 18.1 Å². The third-order valence-electron chi connectivity index (χ3n) is 6.65. The van der Waals surface area contributed by atoms with Gasteiger partial charge >= 0.3 is 5.69 Å². The number of fused-ring (bicyclic) bond motifs is 6. The van der Waals surface area contributed by atoms with Crippen molar-refractivity contribution in [2.75, 3.05) is 6.54 Å². The summed E-state index contributed by atoms with van der Waals surface area (Å²) in [5.41, 5.74) is 4.07. The quantitative estimate of drug-likeness (QED) is 0.487. The van der Waals surface area contributed by atoms with E-state index in [4.69, 9.17) is 0 Å². The molecule has 6 rings (SSSR count). The van der Waals surface area contributed by atoms with E-state index in [1.165, 1.54) is 30.6 Å². The number of rotatable bonds is 2. The monoisotopic (exact) mass is 433 g/mol. The molecule has 0 saturated carbocycles. The molecular formula is C23H23N5O2S. The van der Waals surface area contributed by atoms with Crippen molar-refractivity contribution >= 4 is 33.1 Å². The van der Waals surface area contributed by atoms with Gasteiger partial charge in [-0.3, -0.25) is 4.79 Å². The molecule has 4 heterocycles. The van der Waals surface area contributed by atoms with Crippen LogP contribution in [0.25, 0.3) is 15.9 Å². The first-order valence-corrected chi connectivity index (χ1v) is 11.6. The highest BCUT2D eigenvalue weighted by Crippen LogP contribution is 2.38. The smallest absolute Gasteiger partial charge is 0.336 e. The number of hydrogen-bond donors (Lipinski definition) is 0. The van der Waals surface area contributed by atoms with Gasteiger partial charge in [0.2, 0.25) is 5.91 Å². The SMILES string of the molecule is C[C@@H]1CCc2c(sc3ncn4c(=O)n(CC(=O)N5CCc6ccccc6C5)nc4c23)C1. The van der Waals surface area contributed by atoms with Crippen molar-refractivity contribution in [1.29, 1.82) is 0 Å². The summed E-state index contributed by atoms with van der Waals surface area (Å²) in [4.78, 5) is 34.6. The van der Waals surface area contributed by atoms with E-state index in [0.717, 1.165) is 35.9 Å². The van der Waals surface area contributed by atoms with Gasteiger partial charge in [-0.2, -0.15) is 0 Å². The van der Waals surface area contributed by atoms with Crippen LogP contribution in [0.3, 0.4) is 0 Å². The molecule has 0 radical (unpaired) electrons. The molecule has 31 heavy (non-hydrogen) atoms. The number of thiophene rings is 1. The summed E-state index contributed by atoms with van der Waals surface area (Å²) in [6.07, 6.45) is 5.58. The lowest BCUT2D eigenvalue weighted by Gasteiger charge is -2.28. The molecule has 1 amide bonds. The Morgan fingerprint density at radius 2 is 2.06 bits per heavy atom. The molecule has 8 heteroatoms. The zero-order valence-electron chi connectivity index (χ0n) is 17.4. The first-order chi connectivity index (χ1) is 15.1. The number of amides is 1. The lowest BCUT2D eigenvalue weighted by molar-refractivity contribution is -0.133. The van der Waals surface area contributed by atoms with Crippen molar-refractivity contribution < 1.29 is 4.79 Å². The average molecular weight is 434 g/mol. The fourth-order valence-corrected chi connectivity index (χ4v) is 6.25. The second kappa shape index (κ2) is 7.02. The Kier molecular flexibility index (Phi) is 4.24. The molecule has 2 aliphatic rings. The zero-order valence-corrected chi connectivity index (χ0v) is 18.2. The largest absolute Gasteiger partial charge is 0.352 e. The molecular weight excluding hydrogens is 410 g/mol. The van der Waals surface area contributed by atoms with E-state index < -0.39 is 0 Å². The van der Waals surface area contributed by atoms with Gasteiger partial charge in [0.05, 0.1) is 5.39 Å². The summed E-state index contributed by atoms with van der Waals surface area (Å²) in [6, 6.07) is 8.21. The maximum atomic E-state index is 13.0. The summed E-state index contributed by atoms with van der Waals surface area (Å²) in [7, 11) is 0. The van der Waals surface area contributed by atoms with Crippen molar-refractivity contribution in [2.45, 2.75) is 45.7 Å². The maximum Gasteiger partial charge on any atom is 0.352 e. The lowest BCUT2D eigenvalue weighted by Crippen LogP contribution is -2.39. The number of benzene rings is 1. The number of hydrogen-bond acceptors (Lipinski definition) is 5. The Morgan fingerprint density at radius 3 is 2.94 bits per heavy atom. The molecule has 158 valence electrons. The van der Waals surface area contributed by atoms with Crippen LogP contribution < -0.4 is 5.69 Å². The fraction of sp³-hybridized carbons (Fsp3) is 0.391. The summed E-state index contributed by atoms with van der Waals surface area (Å²) in [6.45, 7) is 3.48. The molecule has 7 nitrogen and oxygen atoms in total. The Morgan fingerprint density at radius 1 is 1.23 bits per heavy atom. The fourth-order valence-electron chi connectivity index (χ4n) is 4.90. The molecule has 0 spiro atoms. The van der Waals surface area contributed by atoms with Crippen molar-refractivity contribution in [3.8, 4) is 0 Å². The van der Waals surface area contributed by atoms with E-state index in [2.05, 4.69) is 29.1 Å². The number of nitrogens with zero attached hydrogens (tertiary/aromatic N) is 5. The molecule has 1 aromatic carbocycles. The van der Waals surface area contributed by atoms with Gasteiger partial charge in [-0.15, -0.1) is 16.4 Å². The van der Waals surface area contributed by atoms with Crippen LogP contribution in [0, 0.1) is 5.92 Å². The van der Waals surface area contributed by atoms with Gasteiger partial charge in [-0.05, 0) is 48.3 Å². The minimum atomic E-state index is -0.306. The predicted octanol–water partition coefficient (Wildman–Crippen LogP) is 2.82. The number of aromatic nitrogens is 4. The van der Waals surface area contributed by atoms with Crippen LogP contribution in [0.1, 0.15) is 34.9 Å². The van der Waals surface area contributed by atoms with Crippen molar-refractivity contribution in [2.24, 2.45) is 5.92 Å². The first-order valence-electron chi connectivity index (χ1n) is 10.8. The standard InChI is InChI=1S/C23H23N5O2S/c1-14-6-7-17-18(10-14)31-22-20(17)21-25-28(23(30)27(21)13-24-22)12-19(29)26-9-8-15-4-2-3-5-16(15)11-26/h2-5,13-14H,6-12H2,1H3/t14-/m1/s1. The van der Waals surface area contributed by atoms with Gasteiger partial charge in [-0.25, -0.2) is 18.9 Å². The van der Waals surface area contributed by atoms with E-state index in [1.807, 2.05) is 17.0 Å². The Bertz CT molecular complexity index is 1400. The van der Waals surface area contributed by atoms with Crippen molar-refractivity contribution in [3.05, 3.63) is 62.6 Å². The van der Waals surface area contributed by atoms with Gasteiger partial charge in [0.15, 0.2) is 5.65 Å². The molecule has 1 aliphatic heterocycles. The van der Waals surface area contributed by atoms with Gasteiger partial charge in [0.25, 0.3) is 0 Å². The van der Waals surface area contributed by atoms with Gasteiger partial charge in [0.1, 0.15) is 17.7 Å². The van der Waals surface area contributed by atoms with Crippen molar-refractivity contribution in [1.82, 2.24) is 24.1 Å². The van der Waals surface area contributed by atoms with Crippen LogP contribution in [0.15, 0.2) is 35.4 Å². The van der Waals surface area contributed by atoms with Crippen LogP contribution in [-0.2, 0) is 37.1 Å². The molecule has 0 unspecified atom stereocenters. The summed E-state index contributed by atoms with van der Waals surface area (Å²) in [5, 5.41) is 5.60. The maximum absolute atomic E-state index is 13.0. The summed E-state index contributed by atoms with van der Waals surface area (Å²) < 4.78 is 2.79. The highest BCUT2D eigenvalue weighted by atomic mass is 32.1. The minimum absolute atomic E-state index is 0.0481. The Hall–Kier alpha value is -3.00. The van der Waals surface area contributed by atoms with Crippen LogP contribution in [0.2, 0.25) is 0 Å². The van der Waals surface area contributed by atoms with E-state index in [9.17, 15) is 9.59 Å². The summed E-state index contributed by atoms with van der Waals surface area (Å²) >= 11 is 1.71. The van der Waals surface area contributed by atoms with Crippen LogP contribution in [-0.4, -0.2) is 36.5 Å². The normalized spacial score (nSPS) is 18.4. The van der Waals surface area contributed by atoms with E-state index in [1.54, 1.807) is 17.7 Å². The van der Waals surface area contributed by atoms with Gasteiger partial charge < -0.3 is 4.90 Å². The highest BCUT2D eigenvalue weighted by Gasteiger charge is 2.26. The number of carbonyl (C=O) groups excluding carboxylic acids is 1. The zero-order chi connectivity index (χ0) is 21.1. The van der Waals surface area contributed by atoms with Crippen molar-refractivity contribution in [3.63, 3.8) is 0 Å². The molecule has 1 atom stereocenters. The molecule has 1 aliphatic carbocycles. The predicted molar refractivity (Wildman–Crippen MR) is 119 cm³/mol. The number of carbonyl (C=O) groups is 1. The molecule has 0 saturated heterocycles. The van der Waals surface area contributed by atoms with Gasteiger partial charge in [0, 0.05) is 18.0 Å². The second-order valence-corrected chi connectivity index (χ2v) is 9.83. The topological polar surface area (TPSA) is 72.5 Å². The highest BCUT2D eigenvalue weighted by molar-refractivity contribution is 7.19. The molecule has 4 aromatic rings. The van der Waals surface area contributed by atoms with Crippen LogP contribution in [0.5, 0.6) is 0 Å². The molecule has 0 bridgehead atoms. The lowest BCUT2D eigenvalue weighted by atomic mass is 9.89. The first kappa shape index (κ1) is 18.7. The molecule has 3 aromatic heterocycles. The van der Waals surface area contributed by atoms with Crippen LogP contribution >= 0.6 is 11.3 Å². The average Bonchev–Trinajstić information content (AvgIpc) is 3.30. The molecule has 0 fully saturated rings. The summed E-state index contributed by atoms with van der Waals surface area (Å²) in [5.74, 6) is 0.592. The van der Waals surface area contributed by atoms with Gasteiger partial charge in [-0.1, -0.05) is 31.2 Å². The van der Waals surface area contributed by atoms with E-state index in [0.29, 0.717) is 24.7 Å².